The van der Waals surface area contributed by atoms with Crippen molar-refractivity contribution in [2.24, 2.45) is 23.5 Å². The Morgan fingerprint density at radius 2 is 1.91 bits per heavy atom. The summed E-state index contributed by atoms with van der Waals surface area (Å²) in [6.45, 7) is 2.24. The molecule has 7 heteroatoms. The summed E-state index contributed by atoms with van der Waals surface area (Å²) >= 11 is 0. The molecule has 4 atom stereocenters. The van der Waals surface area contributed by atoms with Crippen molar-refractivity contribution in [2.75, 3.05) is 6.54 Å². The van der Waals surface area contributed by atoms with Gasteiger partial charge < -0.3 is 11.1 Å². The number of rotatable bonds is 3. The van der Waals surface area contributed by atoms with Crippen molar-refractivity contribution in [1.29, 1.82) is 0 Å². The van der Waals surface area contributed by atoms with E-state index < -0.39 is 17.6 Å². The van der Waals surface area contributed by atoms with Gasteiger partial charge in [-0.15, -0.1) is 12.4 Å². The predicted molar refractivity (Wildman–Crippen MR) is 86.3 cm³/mol. The third kappa shape index (κ3) is 5.52. The zero-order chi connectivity index (χ0) is 16.4. The molecule has 1 amide bonds. The van der Waals surface area contributed by atoms with Crippen molar-refractivity contribution < 1.29 is 18.0 Å². The summed E-state index contributed by atoms with van der Waals surface area (Å²) < 4.78 is 38.4. The predicted octanol–water partition coefficient (Wildman–Crippen LogP) is 3.80. The van der Waals surface area contributed by atoms with E-state index in [-0.39, 0.29) is 43.0 Å². The van der Waals surface area contributed by atoms with Crippen LogP contribution < -0.4 is 11.1 Å². The van der Waals surface area contributed by atoms with Crippen LogP contribution in [0.25, 0.3) is 0 Å². The van der Waals surface area contributed by atoms with Crippen molar-refractivity contribution in [3.05, 3.63) is 0 Å². The van der Waals surface area contributed by atoms with Crippen LogP contribution in [0.5, 0.6) is 0 Å². The van der Waals surface area contributed by atoms with Gasteiger partial charge in [0.05, 0.1) is 11.8 Å². The lowest BCUT2D eigenvalue weighted by Gasteiger charge is -2.38. The maximum atomic E-state index is 12.8. The average Bonchev–Trinajstić information content (AvgIpc) is 2.44. The van der Waals surface area contributed by atoms with Gasteiger partial charge in [0.2, 0.25) is 5.91 Å². The lowest BCUT2D eigenvalue weighted by molar-refractivity contribution is -0.185. The smallest absolute Gasteiger partial charge is 0.356 e. The molecule has 0 aromatic rings. The Morgan fingerprint density at radius 1 is 1.22 bits per heavy atom. The number of hydrogen-bond donors (Lipinski definition) is 2. The Bertz CT molecular complexity index is 401. The van der Waals surface area contributed by atoms with E-state index in [1.54, 1.807) is 0 Å². The molecular formula is C16H28ClF3N2O. The van der Waals surface area contributed by atoms with E-state index in [0.717, 1.165) is 32.1 Å². The molecule has 0 aliphatic heterocycles. The fraction of sp³-hybridized carbons (Fsp3) is 0.938. The molecule has 2 rings (SSSR count). The minimum Gasteiger partial charge on any atom is -0.356 e. The van der Waals surface area contributed by atoms with Crippen LogP contribution in [0.4, 0.5) is 13.2 Å². The highest BCUT2D eigenvalue weighted by atomic mass is 35.5. The Kier molecular flexibility index (Phi) is 7.20. The Hall–Kier alpha value is -0.490. The second kappa shape index (κ2) is 8.06. The molecule has 0 aromatic carbocycles. The van der Waals surface area contributed by atoms with Crippen LogP contribution in [-0.2, 0) is 4.79 Å². The molecule has 0 saturated heterocycles. The molecular weight excluding hydrogens is 329 g/mol. The number of amides is 1. The molecule has 0 radical (unpaired) electrons. The van der Waals surface area contributed by atoms with Gasteiger partial charge in [0, 0.05) is 12.1 Å². The lowest BCUT2D eigenvalue weighted by Crippen LogP contribution is -2.53. The number of carbonyl (C=O) groups excluding carboxylic acids is 1. The molecule has 3 nitrogen and oxygen atoms in total. The quantitative estimate of drug-likeness (QED) is 0.808. The summed E-state index contributed by atoms with van der Waals surface area (Å²) in [6.07, 6.45) is 1.21. The van der Waals surface area contributed by atoms with Crippen LogP contribution >= 0.6 is 12.4 Å². The Labute approximate surface area is 142 Å². The summed E-state index contributed by atoms with van der Waals surface area (Å²) in [7, 11) is 0. The largest absolute Gasteiger partial charge is 0.391 e. The molecule has 2 fully saturated rings. The number of nitrogens with one attached hydrogen (secondary N) is 1. The zero-order valence-electron chi connectivity index (χ0n) is 13.6. The van der Waals surface area contributed by atoms with Crippen LogP contribution in [0.3, 0.4) is 0 Å². The summed E-state index contributed by atoms with van der Waals surface area (Å²) in [5, 5.41) is 2.86. The van der Waals surface area contributed by atoms with Crippen LogP contribution in [-0.4, -0.2) is 24.2 Å². The molecule has 0 aromatic heterocycles. The SMILES string of the molecule is CC1(N)CCCCC1C(=O)NCC1CCCC(C(F)(F)F)C1.Cl. The van der Waals surface area contributed by atoms with E-state index >= 15 is 0 Å². The molecule has 2 aliphatic rings. The van der Waals surface area contributed by atoms with Gasteiger partial charge in [-0.3, -0.25) is 4.79 Å². The summed E-state index contributed by atoms with van der Waals surface area (Å²) in [4.78, 5) is 12.3. The molecule has 136 valence electrons. The van der Waals surface area contributed by atoms with Crippen LogP contribution in [0.1, 0.15) is 58.3 Å². The van der Waals surface area contributed by atoms with E-state index in [2.05, 4.69) is 5.32 Å². The van der Waals surface area contributed by atoms with Gasteiger partial charge in [0.15, 0.2) is 0 Å². The first-order chi connectivity index (χ1) is 10.2. The van der Waals surface area contributed by atoms with Crippen LogP contribution in [0, 0.1) is 17.8 Å². The molecule has 0 bridgehead atoms. The van der Waals surface area contributed by atoms with E-state index in [9.17, 15) is 18.0 Å². The molecule has 3 N–H and O–H groups in total. The topological polar surface area (TPSA) is 55.1 Å². The number of hydrogen-bond acceptors (Lipinski definition) is 2. The first-order valence-corrected chi connectivity index (χ1v) is 8.33. The monoisotopic (exact) mass is 356 g/mol. The maximum absolute atomic E-state index is 12.8. The second-order valence-corrected chi connectivity index (χ2v) is 7.32. The second-order valence-electron chi connectivity index (χ2n) is 7.32. The van der Waals surface area contributed by atoms with E-state index in [1.807, 2.05) is 6.92 Å². The van der Waals surface area contributed by atoms with Crippen molar-refractivity contribution in [1.82, 2.24) is 5.32 Å². The highest BCUT2D eigenvalue weighted by Crippen LogP contribution is 2.39. The molecule has 0 heterocycles. The number of carbonyl (C=O) groups is 1. The highest BCUT2D eigenvalue weighted by Gasteiger charge is 2.42. The van der Waals surface area contributed by atoms with Gasteiger partial charge >= 0.3 is 6.18 Å². The van der Waals surface area contributed by atoms with Crippen molar-refractivity contribution in [3.63, 3.8) is 0 Å². The number of alkyl halides is 3. The number of nitrogens with two attached hydrogens (primary N) is 1. The van der Waals surface area contributed by atoms with Gasteiger partial charge in [-0.05, 0) is 44.9 Å². The van der Waals surface area contributed by atoms with Crippen LogP contribution in [0.15, 0.2) is 0 Å². The summed E-state index contributed by atoms with van der Waals surface area (Å²) in [5.74, 6) is -1.59. The van der Waals surface area contributed by atoms with Crippen molar-refractivity contribution in [3.8, 4) is 0 Å². The minimum absolute atomic E-state index is 0. The molecule has 4 unspecified atom stereocenters. The summed E-state index contributed by atoms with van der Waals surface area (Å²) in [6, 6.07) is 0. The van der Waals surface area contributed by atoms with E-state index in [4.69, 9.17) is 5.73 Å². The molecule has 2 aliphatic carbocycles. The molecule has 2 saturated carbocycles. The third-order valence-electron chi connectivity index (χ3n) is 5.38. The molecule has 23 heavy (non-hydrogen) atoms. The van der Waals surface area contributed by atoms with Gasteiger partial charge in [0.1, 0.15) is 0 Å². The zero-order valence-corrected chi connectivity index (χ0v) is 14.4. The number of halogens is 4. The Balaban J connectivity index is 0.00000264. The third-order valence-corrected chi connectivity index (χ3v) is 5.38. The van der Waals surface area contributed by atoms with Gasteiger partial charge in [0.25, 0.3) is 0 Å². The minimum atomic E-state index is -4.11. The van der Waals surface area contributed by atoms with E-state index in [0.29, 0.717) is 13.0 Å². The fourth-order valence-corrected chi connectivity index (χ4v) is 3.93. The first kappa shape index (κ1) is 20.6. The average molecular weight is 357 g/mol. The molecule has 0 spiro atoms. The lowest BCUT2D eigenvalue weighted by atomic mass is 9.74. The fourth-order valence-electron chi connectivity index (χ4n) is 3.93. The highest BCUT2D eigenvalue weighted by molar-refractivity contribution is 5.85. The maximum Gasteiger partial charge on any atom is 0.391 e. The van der Waals surface area contributed by atoms with Crippen molar-refractivity contribution in [2.45, 2.75) is 70.0 Å². The van der Waals surface area contributed by atoms with Gasteiger partial charge in [-0.2, -0.15) is 13.2 Å². The first-order valence-electron chi connectivity index (χ1n) is 8.33. The normalized spacial score (nSPS) is 35.3. The van der Waals surface area contributed by atoms with E-state index in [1.165, 1.54) is 0 Å². The van der Waals surface area contributed by atoms with Gasteiger partial charge in [-0.25, -0.2) is 0 Å². The van der Waals surface area contributed by atoms with Crippen molar-refractivity contribution >= 4 is 18.3 Å². The van der Waals surface area contributed by atoms with Crippen LogP contribution in [0.2, 0.25) is 0 Å². The Morgan fingerprint density at radius 3 is 2.52 bits per heavy atom. The summed E-state index contributed by atoms with van der Waals surface area (Å²) in [5.41, 5.74) is 5.70. The van der Waals surface area contributed by atoms with Gasteiger partial charge in [-0.1, -0.05) is 19.3 Å². The standard InChI is InChI=1S/C16H27F3N2O.ClH/c1-15(20)8-3-2-7-13(15)14(22)21-10-11-5-4-6-12(9-11)16(17,18)19;/h11-13H,2-10,20H2,1H3,(H,21,22);1H.